The van der Waals surface area contributed by atoms with Crippen LogP contribution >= 0.6 is 11.8 Å². The van der Waals surface area contributed by atoms with Crippen molar-refractivity contribution in [2.45, 2.75) is 18.0 Å². The van der Waals surface area contributed by atoms with Crippen molar-refractivity contribution in [2.24, 2.45) is 5.92 Å². The Balaban J connectivity index is 1.59. The maximum atomic E-state index is 14.4. The Bertz CT molecular complexity index is 1010. The maximum Gasteiger partial charge on any atom is 0.233 e. The molecule has 1 atom stereocenters. The van der Waals surface area contributed by atoms with E-state index in [9.17, 15) is 14.3 Å². The first-order valence-corrected chi connectivity index (χ1v) is 10.9. The van der Waals surface area contributed by atoms with Crippen molar-refractivity contribution in [3.8, 4) is 17.1 Å². The summed E-state index contributed by atoms with van der Waals surface area (Å²) in [5, 5.41) is 18.4. The van der Waals surface area contributed by atoms with E-state index in [1.807, 2.05) is 30.3 Å². The van der Waals surface area contributed by atoms with E-state index in [0.717, 1.165) is 18.5 Å². The number of hydrogen-bond donors (Lipinski definition) is 1. The van der Waals surface area contributed by atoms with E-state index < -0.39 is 0 Å². The van der Waals surface area contributed by atoms with Crippen molar-refractivity contribution in [1.29, 1.82) is 0 Å². The fraction of sp³-hybridized carbons (Fsp3) is 0.318. The Morgan fingerprint density at radius 2 is 1.90 bits per heavy atom. The smallest absolute Gasteiger partial charge is 0.233 e. The summed E-state index contributed by atoms with van der Waals surface area (Å²) in [6.45, 7) is 1.40. The number of aromatic nitrogens is 3. The van der Waals surface area contributed by atoms with Gasteiger partial charge in [-0.05, 0) is 43.0 Å². The van der Waals surface area contributed by atoms with Gasteiger partial charge in [-0.2, -0.15) is 0 Å². The van der Waals surface area contributed by atoms with Crippen LogP contribution < -0.4 is 0 Å². The van der Waals surface area contributed by atoms with E-state index in [4.69, 9.17) is 0 Å². The lowest BCUT2D eigenvalue weighted by Crippen LogP contribution is -2.41. The molecule has 4 rings (SSSR count). The molecule has 30 heavy (non-hydrogen) atoms. The number of hydrogen-bond acceptors (Lipinski definition) is 5. The molecule has 1 aliphatic rings. The molecule has 1 aromatic heterocycles. The average molecular weight is 427 g/mol. The number of likely N-dealkylation sites (tertiary alicyclic amines) is 1. The third-order valence-electron chi connectivity index (χ3n) is 5.22. The molecule has 1 unspecified atom stereocenters. The molecule has 1 fully saturated rings. The van der Waals surface area contributed by atoms with Crippen LogP contribution in [0.3, 0.4) is 0 Å². The summed E-state index contributed by atoms with van der Waals surface area (Å²) in [5.41, 5.74) is 1.16. The maximum absolute atomic E-state index is 14.4. The summed E-state index contributed by atoms with van der Waals surface area (Å²) in [6.07, 6.45) is 1.85. The van der Waals surface area contributed by atoms with E-state index in [0.29, 0.717) is 29.6 Å². The number of piperidine rings is 1. The van der Waals surface area contributed by atoms with E-state index in [2.05, 4.69) is 10.2 Å². The molecule has 0 radical (unpaired) electrons. The highest BCUT2D eigenvalue weighted by atomic mass is 32.2. The second-order valence-electron chi connectivity index (χ2n) is 7.28. The van der Waals surface area contributed by atoms with Crippen molar-refractivity contribution < 1.29 is 14.3 Å². The van der Waals surface area contributed by atoms with Gasteiger partial charge in [-0.25, -0.2) is 4.39 Å². The summed E-state index contributed by atoms with van der Waals surface area (Å²) in [6, 6.07) is 15.9. The first-order chi connectivity index (χ1) is 14.7. The van der Waals surface area contributed by atoms with Crippen molar-refractivity contribution in [2.75, 3.05) is 25.4 Å². The first-order valence-electron chi connectivity index (χ1n) is 9.94. The van der Waals surface area contributed by atoms with Gasteiger partial charge in [0.05, 0.1) is 11.3 Å². The predicted molar refractivity (Wildman–Crippen MR) is 114 cm³/mol. The third kappa shape index (κ3) is 4.39. The zero-order valence-electron chi connectivity index (χ0n) is 16.4. The largest absolute Gasteiger partial charge is 0.396 e. The molecular formula is C22H23FN4O2S. The second kappa shape index (κ2) is 9.40. The van der Waals surface area contributed by atoms with Gasteiger partial charge in [-0.1, -0.05) is 42.1 Å². The van der Waals surface area contributed by atoms with E-state index in [-0.39, 0.29) is 30.0 Å². The van der Waals surface area contributed by atoms with Crippen LogP contribution in [-0.2, 0) is 4.79 Å². The van der Waals surface area contributed by atoms with Crippen LogP contribution in [0.5, 0.6) is 0 Å². The first kappa shape index (κ1) is 20.6. The average Bonchev–Trinajstić information content (AvgIpc) is 3.22. The third-order valence-corrected chi connectivity index (χ3v) is 6.13. The number of aliphatic hydroxyl groups excluding tert-OH is 1. The number of nitrogens with zero attached hydrogens (tertiary/aromatic N) is 4. The minimum atomic E-state index is -0.377. The van der Waals surface area contributed by atoms with Gasteiger partial charge in [0.15, 0.2) is 11.0 Å². The minimum Gasteiger partial charge on any atom is -0.396 e. The topological polar surface area (TPSA) is 71.2 Å². The zero-order valence-corrected chi connectivity index (χ0v) is 17.3. The van der Waals surface area contributed by atoms with Gasteiger partial charge >= 0.3 is 0 Å². The molecule has 8 heteroatoms. The van der Waals surface area contributed by atoms with Gasteiger partial charge in [0.25, 0.3) is 0 Å². The second-order valence-corrected chi connectivity index (χ2v) is 8.22. The quantitative estimate of drug-likeness (QED) is 0.612. The Morgan fingerprint density at radius 3 is 2.67 bits per heavy atom. The van der Waals surface area contributed by atoms with E-state index in [1.54, 1.807) is 27.7 Å². The zero-order chi connectivity index (χ0) is 20.9. The predicted octanol–water partition coefficient (Wildman–Crippen LogP) is 3.40. The number of amides is 1. The van der Waals surface area contributed by atoms with E-state index in [1.165, 1.54) is 17.8 Å². The number of carbonyl (C=O) groups is 1. The molecule has 1 saturated heterocycles. The number of benzene rings is 2. The Kier molecular flexibility index (Phi) is 6.44. The number of halogens is 1. The lowest BCUT2D eigenvalue weighted by Gasteiger charge is -2.31. The summed E-state index contributed by atoms with van der Waals surface area (Å²) in [5.74, 6) is 0.382. The molecule has 6 nitrogen and oxygen atoms in total. The highest BCUT2D eigenvalue weighted by Crippen LogP contribution is 2.29. The molecule has 0 saturated carbocycles. The Hall–Kier alpha value is -2.71. The van der Waals surface area contributed by atoms with Crippen LogP contribution in [0, 0.1) is 11.7 Å². The summed E-state index contributed by atoms with van der Waals surface area (Å²) in [4.78, 5) is 14.5. The van der Waals surface area contributed by atoms with Crippen LogP contribution in [0.1, 0.15) is 12.8 Å². The lowest BCUT2D eigenvalue weighted by atomic mass is 9.99. The van der Waals surface area contributed by atoms with Crippen molar-refractivity contribution >= 4 is 17.7 Å². The van der Waals surface area contributed by atoms with Crippen LogP contribution in [-0.4, -0.2) is 56.1 Å². The number of thioether (sulfide) groups is 1. The van der Waals surface area contributed by atoms with Gasteiger partial charge in [0.2, 0.25) is 5.91 Å². The molecule has 3 aromatic rings. The number of aliphatic hydroxyl groups is 1. The highest BCUT2D eigenvalue weighted by molar-refractivity contribution is 7.99. The Morgan fingerprint density at radius 1 is 1.13 bits per heavy atom. The van der Waals surface area contributed by atoms with Crippen molar-refractivity contribution in [1.82, 2.24) is 19.7 Å². The highest BCUT2D eigenvalue weighted by Gasteiger charge is 2.24. The fourth-order valence-corrected chi connectivity index (χ4v) is 4.50. The van der Waals surface area contributed by atoms with Crippen LogP contribution in [0.15, 0.2) is 59.8 Å². The molecule has 2 aromatic carbocycles. The molecule has 1 amide bonds. The molecule has 1 aliphatic heterocycles. The number of para-hydroxylation sites is 1. The van der Waals surface area contributed by atoms with Gasteiger partial charge in [0.1, 0.15) is 5.82 Å². The van der Waals surface area contributed by atoms with Crippen molar-refractivity contribution in [3.63, 3.8) is 0 Å². The molecule has 0 aliphatic carbocycles. The molecule has 0 spiro atoms. The van der Waals surface area contributed by atoms with Gasteiger partial charge in [-0.3, -0.25) is 9.36 Å². The van der Waals surface area contributed by atoms with E-state index >= 15 is 0 Å². The lowest BCUT2D eigenvalue weighted by molar-refractivity contribution is -0.130. The van der Waals surface area contributed by atoms with Crippen LogP contribution in [0.2, 0.25) is 0 Å². The monoisotopic (exact) mass is 426 g/mol. The normalized spacial score (nSPS) is 16.6. The van der Waals surface area contributed by atoms with Gasteiger partial charge in [-0.15, -0.1) is 10.2 Å². The SMILES string of the molecule is O=C(CSc1nnc(-c2ccccc2F)n1-c1ccccc1)N1CCCC(CO)C1. The molecule has 0 bridgehead atoms. The van der Waals surface area contributed by atoms with Gasteiger partial charge < -0.3 is 10.0 Å². The number of rotatable bonds is 6. The molecule has 1 N–H and O–H groups in total. The van der Waals surface area contributed by atoms with Crippen LogP contribution in [0.25, 0.3) is 17.1 Å². The standard InChI is InChI=1S/C22H23FN4O2S/c23-19-11-5-4-10-18(19)21-24-25-22(27(21)17-8-2-1-3-9-17)30-15-20(29)26-12-6-7-16(13-26)14-28/h1-5,8-11,16,28H,6-7,12-15H2. The van der Waals surface area contributed by atoms with Crippen molar-refractivity contribution in [3.05, 3.63) is 60.4 Å². The number of carbonyl (C=O) groups excluding carboxylic acids is 1. The van der Waals surface area contributed by atoms with Gasteiger partial charge in [0, 0.05) is 25.4 Å². The summed E-state index contributed by atoms with van der Waals surface area (Å²) in [7, 11) is 0. The Labute approximate surface area is 178 Å². The summed E-state index contributed by atoms with van der Waals surface area (Å²) < 4.78 is 16.2. The molecule has 2 heterocycles. The molecule has 156 valence electrons. The molecular weight excluding hydrogens is 403 g/mol. The summed E-state index contributed by atoms with van der Waals surface area (Å²) >= 11 is 1.29. The van der Waals surface area contributed by atoms with Crippen LogP contribution in [0.4, 0.5) is 4.39 Å². The fourth-order valence-electron chi connectivity index (χ4n) is 3.65. The minimum absolute atomic E-state index is 0.00760.